The molecule has 146 valence electrons. The van der Waals surface area contributed by atoms with Gasteiger partial charge in [0.15, 0.2) is 0 Å². The van der Waals surface area contributed by atoms with Crippen LogP contribution in [0.1, 0.15) is 129 Å². The van der Waals surface area contributed by atoms with Crippen LogP contribution in [-0.2, 0) is 0 Å². The van der Waals surface area contributed by atoms with Gasteiger partial charge in [-0.1, -0.05) is 110 Å². The molecule has 0 aliphatic heterocycles. The molecule has 0 radical (unpaired) electrons. The van der Waals surface area contributed by atoms with E-state index in [1.165, 1.54) is 129 Å². The van der Waals surface area contributed by atoms with Crippen molar-refractivity contribution in [2.75, 3.05) is 20.1 Å². The van der Waals surface area contributed by atoms with E-state index in [4.69, 9.17) is 0 Å². The van der Waals surface area contributed by atoms with Crippen LogP contribution >= 0.6 is 0 Å². The number of nitrogens with one attached hydrogen (secondary N) is 1. The van der Waals surface area contributed by atoms with Crippen molar-refractivity contribution in [3.63, 3.8) is 0 Å². The number of rotatable bonds is 20. The highest BCUT2D eigenvalue weighted by molar-refractivity contribution is 4.50. The van der Waals surface area contributed by atoms with Gasteiger partial charge >= 0.3 is 0 Å². The van der Waals surface area contributed by atoms with Crippen molar-refractivity contribution in [2.24, 2.45) is 0 Å². The highest BCUT2D eigenvalue weighted by Crippen LogP contribution is 2.14. The Bertz CT molecular complexity index is 214. The Morgan fingerprint density at radius 2 is 0.708 bits per heavy atom. The average Bonchev–Trinajstić information content (AvgIpc) is 2.60. The Labute approximate surface area is 155 Å². The van der Waals surface area contributed by atoms with Gasteiger partial charge < -0.3 is 4.90 Å². The summed E-state index contributed by atoms with van der Waals surface area (Å²) in [6.45, 7) is 7.23. The maximum Gasteiger partial charge on any atom is 0.0768 e. The second-order valence-corrected chi connectivity index (χ2v) is 8.07. The van der Waals surface area contributed by atoms with Gasteiger partial charge in [0.25, 0.3) is 0 Å². The summed E-state index contributed by atoms with van der Waals surface area (Å²) < 4.78 is 0. The maximum absolute atomic E-state index is 2.31. The summed E-state index contributed by atoms with van der Waals surface area (Å²) in [5.41, 5.74) is 0. The monoisotopic (exact) mass is 340 g/mol. The first-order valence-electron chi connectivity index (χ1n) is 11.6. The first-order valence-corrected chi connectivity index (χ1v) is 11.6. The number of hydrogen-bond acceptors (Lipinski definition) is 0. The summed E-state index contributed by atoms with van der Waals surface area (Å²) in [4.78, 5) is 1.69. The summed E-state index contributed by atoms with van der Waals surface area (Å²) in [6.07, 6.45) is 26.4. The van der Waals surface area contributed by atoms with Gasteiger partial charge in [0.05, 0.1) is 20.1 Å². The van der Waals surface area contributed by atoms with Crippen LogP contribution in [0.5, 0.6) is 0 Å². The molecule has 0 bridgehead atoms. The van der Waals surface area contributed by atoms with Gasteiger partial charge in [-0.2, -0.15) is 0 Å². The second kappa shape index (κ2) is 21.0. The van der Waals surface area contributed by atoms with Crippen LogP contribution < -0.4 is 4.90 Å². The minimum Gasteiger partial charge on any atom is -0.338 e. The van der Waals surface area contributed by atoms with E-state index in [1.807, 2.05) is 0 Å². The van der Waals surface area contributed by atoms with Crippen LogP contribution in [0.3, 0.4) is 0 Å². The minimum atomic E-state index is 1.28. The molecule has 0 aliphatic carbocycles. The van der Waals surface area contributed by atoms with E-state index in [-0.39, 0.29) is 0 Å². The topological polar surface area (TPSA) is 4.44 Å². The fourth-order valence-electron chi connectivity index (χ4n) is 3.51. The zero-order valence-electron chi connectivity index (χ0n) is 17.6. The lowest BCUT2D eigenvalue weighted by Crippen LogP contribution is -3.08. The zero-order chi connectivity index (χ0) is 17.7. The Morgan fingerprint density at radius 3 is 1.00 bits per heavy atom. The molecule has 0 rings (SSSR count). The van der Waals surface area contributed by atoms with Gasteiger partial charge in [-0.15, -0.1) is 0 Å². The van der Waals surface area contributed by atoms with Gasteiger partial charge in [-0.25, -0.2) is 0 Å². The third-order valence-corrected chi connectivity index (χ3v) is 5.56. The number of unbranched alkanes of at least 4 members (excludes halogenated alkanes) is 17. The molecular weight excluding hydrogens is 290 g/mol. The summed E-state index contributed by atoms with van der Waals surface area (Å²) in [5, 5.41) is 0. The van der Waals surface area contributed by atoms with Crippen LogP contribution in [0, 0.1) is 0 Å². The normalized spacial score (nSPS) is 12.6. The number of quaternary nitrogens is 1. The van der Waals surface area contributed by atoms with Crippen LogP contribution in [0.4, 0.5) is 0 Å². The highest BCUT2D eigenvalue weighted by atomic mass is 15.1. The van der Waals surface area contributed by atoms with Crippen molar-refractivity contribution in [1.29, 1.82) is 0 Å². The molecule has 0 aliphatic rings. The van der Waals surface area contributed by atoms with Crippen molar-refractivity contribution in [3.8, 4) is 0 Å². The van der Waals surface area contributed by atoms with E-state index in [2.05, 4.69) is 20.9 Å². The van der Waals surface area contributed by atoms with Gasteiger partial charge in [0, 0.05) is 0 Å². The summed E-state index contributed by atoms with van der Waals surface area (Å²) in [6, 6.07) is 0. The summed E-state index contributed by atoms with van der Waals surface area (Å²) >= 11 is 0. The second-order valence-electron chi connectivity index (χ2n) is 8.07. The smallest absolute Gasteiger partial charge is 0.0768 e. The van der Waals surface area contributed by atoms with Gasteiger partial charge in [-0.3, -0.25) is 0 Å². The minimum absolute atomic E-state index is 1.28. The lowest BCUT2D eigenvalue weighted by molar-refractivity contribution is -0.877. The standard InChI is InChI=1S/C23H49N/c1-4-6-7-8-9-10-11-12-13-14-15-16-17-18-19-20-21-22-23-24(3)5-2/h4-23H2,1-3H3/p+1. The van der Waals surface area contributed by atoms with Crippen molar-refractivity contribution in [1.82, 2.24) is 0 Å². The zero-order valence-corrected chi connectivity index (χ0v) is 17.6. The molecule has 0 saturated heterocycles. The van der Waals surface area contributed by atoms with E-state index in [9.17, 15) is 0 Å². The molecule has 0 aromatic rings. The molecule has 1 unspecified atom stereocenters. The van der Waals surface area contributed by atoms with Crippen LogP contribution in [0.25, 0.3) is 0 Å². The van der Waals surface area contributed by atoms with Crippen molar-refractivity contribution >= 4 is 0 Å². The van der Waals surface area contributed by atoms with Crippen molar-refractivity contribution in [2.45, 2.75) is 129 Å². The fourth-order valence-corrected chi connectivity index (χ4v) is 3.51. The average molecular weight is 341 g/mol. The van der Waals surface area contributed by atoms with E-state index in [0.29, 0.717) is 0 Å². The fraction of sp³-hybridized carbons (Fsp3) is 1.00. The summed E-state index contributed by atoms with van der Waals surface area (Å²) in [7, 11) is 2.31. The molecule has 0 fully saturated rings. The van der Waals surface area contributed by atoms with Crippen LogP contribution in [-0.4, -0.2) is 20.1 Å². The third kappa shape index (κ3) is 20.0. The van der Waals surface area contributed by atoms with Crippen molar-refractivity contribution in [3.05, 3.63) is 0 Å². The van der Waals surface area contributed by atoms with E-state index < -0.39 is 0 Å². The SMILES string of the molecule is CCCCCCCCCCCCCCCCCCCC[NH+](C)CC. The molecule has 0 saturated carbocycles. The Balaban J connectivity index is 2.98. The van der Waals surface area contributed by atoms with Gasteiger partial charge in [-0.05, 0) is 19.8 Å². The Kier molecular flexibility index (Phi) is 21.0. The van der Waals surface area contributed by atoms with E-state index in [0.717, 1.165) is 0 Å². The number of hydrogen-bond donors (Lipinski definition) is 1. The quantitative estimate of drug-likeness (QED) is 0.239. The lowest BCUT2D eigenvalue weighted by Gasteiger charge is -2.10. The summed E-state index contributed by atoms with van der Waals surface area (Å²) in [5.74, 6) is 0. The maximum atomic E-state index is 2.31. The Hall–Kier alpha value is -0.0400. The van der Waals surface area contributed by atoms with Crippen LogP contribution in [0.2, 0.25) is 0 Å². The largest absolute Gasteiger partial charge is 0.338 e. The molecule has 24 heavy (non-hydrogen) atoms. The molecule has 1 atom stereocenters. The van der Waals surface area contributed by atoms with Gasteiger partial charge in [0.2, 0.25) is 0 Å². The highest BCUT2D eigenvalue weighted by Gasteiger charge is 1.98. The molecule has 0 aromatic carbocycles. The molecule has 0 amide bonds. The molecule has 1 heteroatoms. The molecule has 1 N–H and O–H groups in total. The van der Waals surface area contributed by atoms with Crippen molar-refractivity contribution < 1.29 is 4.90 Å². The first-order chi connectivity index (χ1) is 11.8. The van der Waals surface area contributed by atoms with E-state index in [1.54, 1.807) is 4.90 Å². The predicted octanol–water partition coefficient (Wildman–Crippen LogP) is 6.56. The Morgan fingerprint density at radius 1 is 0.417 bits per heavy atom. The molecule has 0 heterocycles. The molecule has 0 aromatic heterocycles. The van der Waals surface area contributed by atoms with Gasteiger partial charge in [0.1, 0.15) is 0 Å². The van der Waals surface area contributed by atoms with E-state index >= 15 is 0 Å². The molecule has 1 nitrogen and oxygen atoms in total. The predicted molar refractivity (Wildman–Crippen MR) is 111 cm³/mol. The molecule has 0 spiro atoms. The lowest BCUT2D eigenvalue weighted by atomic mass is 10.0. The third-order valence-electron chi connectivity index (χ3n) is 5.56. The first kappa shape index (κ1) is 24.0. The molecular formula is C23H50N+. The van der Waals surface area contributed by atoms with Crippen LogP contribution in [0.15, 0.2) is 0 Å².